The Labute approximate surface area is 95.4 Å². The van der Waals surface area contributed by atoms with E-state index < -0.39 is 17.7 Å². The Morgan fingerprint density at radius 1 is 1.25 bits per heavy atom. The molecule has 0 heterocycles. The maximum absolute atomic E-state index is 11.6. The number of Topliss-reactive ketones (excluding diaryl/α,β-unsaturated/α-hetero) is 1. The largest absolute Gasteiger partial charge is 0.463 e. The fraction of sp³-hybridized carbons (Fsp3) is 0.385. The van der Waals surface area contributed by atoms with E-state index in [0.29, 0.717) is 0 Å². The van der Waals surface area contributed by atoms with E-state index >= 15 is 0 Å². The molecule has 3 heteroatoms. The second kappa shape index (κ2) is 5.45. The number of benzene rings is 1. The molecule has 0 N–H and O–H groups in total. The number of hydrogen-bond donors (Lipinski definition) is 0. The lowest BCUT2D eigenvalue weighted by molar-refractivity contribution is -0.152. The fourth-order valence-corrected chi connectivity index (χ4v) is 1.47. The van der Waals surface area contributed by atoms with E-state index in [1.165, 1.54) is 12.7 Å². The molecule has 1 atom stereocenters. The van der Waals surface area contributed by atoms with Crippen LogP contribution in [0.5, 0.6) is 0 Å². The molecule has 0 aromatic heterocycles. The normalized spacial score (nSPS) is 11.9. The molecule has 0 amide bonds. The van der Waals surface area contributed by atoms with Crippen molar-refractivity contribution in [3.05, 3.63) is 35.4 Å². The molecule has 3 nitrogen and oxygen atoms in total. The predicted octanol–water partition coefficient (Wildman–Crippen LogP) is 2.09. The molecule has 0 radical (unpaired) electrons. The van der Waals surface area contributed by atoms with Gasteiger partial charge in [0, 0.05) is 0 Å². The lowest BCUT2D eigenvalue weighted by Gasteiger charge is -2.09. The van der Waals surface area contributed by atoms with E-state index in [2.05, 4.69) is 11.7 Å². The third-order valence-electron chi connectivity index (χ3n) is 2.67. The highest BCUT2D eigenvalue weighted by Gasteiger charge is 2.23. The minimum atomic E-state index is -0.785. The summed E-state index contributed by atoms with van der Waals surface area (Å²) in [7, 11) is 1.22. The van der Waals surface area contributed by atoms with Crippen LogP contribution < -0.4 is 0 Å². The number of rotatable bonds is 4. The van der Waals surface area contributed by atoms with Crippen LogP contribution in [-0.4, -0.2) is 18.9 Å². The summed E-state index contributed by atoms with van der Waals surface area (Å²) in [5.41, 5.74) is 2.05. The first kappa shape index (κ1) is 12.4. The average molecular weight is 220 g/mol. The number of ether oxygens (including phenoxy) is 1. The second-order valence-electron chi connectivity index (χ2n) is 3.67. The Bertz CT molecular complexity index is 379. The molecule has 0 saturated heterocycles. The van der Waals surface area contributed by atoms with Crippen molar-refractivity contribution in [1.82, 2.24) is 0 Å². The minimum Gasteiger partial charge on any atom is -0.463 e. The van der Waals surface area contributed by atoms with Crippen molar-refractivity contribution >= 4 is 11.8 Å². The Hall–Kier alpha value is -1.64. The van der Waals surface area contributed by atoms with Crippen molar-refractivity contribution < 1.29 is 14.3 Å². The predicted molar refractivity (Wildman–Crippen MR) is 61.3 cm³/mol. The number of carbonyl (C=O) groups is 2. The summed E-state index contributed by atoms with van der Waals surface area (Å²) >= 11 is 0. The minimum absolute atomic E-state index is 0.446. The van der Waals surface area contributed by atoms with Crippen LogP contribution in [0.4, 0.5) is 0 Å². The van der Waals surface area contributed by atoms with Crippen LogP contribution >= 0.6 is 0 Å². The Morgan fingerprint density at radius 3 is 2.25 bits per heavy atom. The van der Waals surface area contributed by atoms with Crippen LogP contribution in [0.1, 0.15) is 30.9 Å². The molecular formula is C13H16O3. The van der Waals surface area contributed by atoms with Gasteiger partial charge < -0.3 is 4.74 Å². The van der Waals surface area contributed by atoms with E-state index in [9.17, 15) is 9.59 Å². The highest BCUT2D eigenvalue weighted by atomic mass is 16.5. The van der Waals surface area contributed by atoms with E-state index in [1.807, 2.05) is 24.3 Å². The van der Waals surface area contributed by atoms with Crippen LogP contribution in [0.25, 0.3) is 0 Å². The van der Waals surface area contributed by atoms with Gasteiger partial charge in [-0.05, 0) is 17.5 Å². The summed E-state index contributed by atoms with van der Waals surface area (Å²) < 4.78 is 4.41. The van der Waals surface area contributed by atoms with Gasteiger partial charge in [0.1, 0.15) is 0 Å². The number of ketones is 1. The van der Waals surface area contributed by atoms with E-state index in [-0.39, 0.29) is 0 Å². The molecule has 1 rings (SSSR count). The molecular weight excluding hydrogens is 204 g/mol. The zero-order valence-electron chi connectivity index (χ0n) is 9.82. The van der Waals surface area contributed by atoms with Gasteiger partial charge >= 0.3 is 5.97 Å². The van der Waals surface area contributed by atoms with Crippen molar-refractivity contribution in [1.29, 1.82) is 0 Å². The molecule has 0 aliphatic rings. The van der Waals surface area contributed by atoms with Crippen LogP contribution in [0.2, 0.25) is 0 Å². The van der Waals surface area contributed by atoms with Gasteiger partial charge in [-0.25, -0.2) is 4.79 Å². The Morgan fingerprint density at radius 2 is 1.81 bits per heavy atom. The first-order chi connectivity index (χ1) is 7.60. The average Bonchev–Trinajstić information content (AvgIpc) is 2.36. The molecule has 86 valence electrons. The molecule has 0 aliphatic carbocycles. The van der Waals surface area contributed by atoms with Crippen molar-refractivity contribution in [3.8, 4) is 0 Å². The molecule has 0 fully saturated rings. The fourth-order valence-electron chi connectivity index (χ4n) is 1.47. The Kier molecular flexibility index (Phi) is 4.23. The third-order valence-corrected chi connectivity index (χ3v) is 2.67. The number of carbonyl (C=O) groups excluding carboxylic acids is 2. The van der Waals surface area contributed by atoms with Gasteiger partial charge in [0.05, 0.1) is 13.0 Å². The molecule has 0 bridgehead atoms. The smallest absolute Gasteiger partial charge is 0.374 e. The number of methoxy groups -OCH3 is 1. The maximum Gasteiger partial charge on any atom is 0.374 e. The second-order valence-corrected chi connectivity index (χ2v) is 3.67. The number of hydrogen-bond acceptors (Lipinski definition) is 3. The third kappa shape index (κ3) is 2.69. The SMILES string of the molecule is CCc1ccc(C(C)C(=O)C(=O)OC)cc1. The van der Waals surface area contributed by atoms with E-state index in [1.54, 1.807) is 6.92 Å². The van der Waals surface area contributed by atoms with Crippen LogP contribution in [-0.2, 0) is 20.7 Å². The monoisotopic (exact) mass is 220 g/mol. The van der Waals surface area contributed by atoms with Gasteiger partial charge in [-0.1, -0.05) is 38.1 Å². The van der Waals surface area contributed by atoms with Gasteiger partial charge in [0.15, 0.2) is 0 Å². The summed E-state index contributed by atoms with van der Waals surface area (Å²) in [6.07, 6.45) is 0.958. The zero-order chi connectivity index (χ0) is 12.1. The standard InChI is InChI=1S/C13H16O3/c1-4-10-5-7-11(8-6-10)9(2)12(14)13(15)16-3/h5-9H,4H2,1-3H3. The summed E-state index contributed by atoms with van der Waals surface area (Å²) in [5.74, 6) is -1.74. The first-order valence-corrected chi connectivity index (χ1v) is 5.31. The van der Waals surface area contributed by atoms with Crippen LogP contribution in [0, 0.1) is 0 Å². The van der Waals surface area contributed by atoms with Gasteiger partial charge in [-0.15, -0.1) is 0 Å². The lowest BCUT2D eigenvalue weighted by Crippen LogP contribution is -2.21. The van der Waals surface area contributed by atoms with Crippen molar-refractivity contribution in [2.75, 3.05) is 7.11 Å². The molecule has 0 saturated carbocycles. The molecule has 0 aliphatic heterocycles. The van der Waals surface area contributed by atoms with Crippen molar-refractivity contribution in [2.24, 2.45) is 0 Å². The maximum atomic E-state index is 11.6. The first-order valence-electron chi connectivity index (χ1n) is 5.31. The summed E-state index contributed by atoms with van der Waals surface area (Å²) in [6, 6.07) is 7.70. The van der Waals surface area contributed by atoms with Gasteiger partial charge in [0.2, 0.25) is 5.78 Å². The summed E-state index contributed by atoms with van der Waals surface area (Å²) in [4.78, 5) is 22.6. The van der Waals surface area contributed by atoms with E-state index in [4.69, 9.17) is 0 Å². The Balaban J connectivity index is 2.83. The molecule has 1 aromatic rings. The lowest BCUT2D eigenvalue weighted by atomic mass is 9.95. The molecule has 16 heavy (non-hydrogen) atoms. The number of aryl methyl sites for hydroxylation is 1. The zero-order valence-corrected chi connectivity index (χ0v) is 9.82. The van der Waals surface area contributed by atoms with Crippen LogP contribution in [0.15, 0.2) is 24.3 Å². The van der Waals surface area contributed by atoms with Crippen LogP contribution in [0.3, 0.4) is 0 Å². The van der Waals surface area contributed by atoms with Crippen molar-refractivity contribution in [2.45, 2.75) is 26.2 Å². The molecule has 0 spiro atoms. The summed E-state index contributed by atoms with van der Waals surface area (Å²) in [5, 5.41) is 0. The highest BCUT2D eigenvalue weighted by molar-refractivity contribution is 6.35. The van der Waals surface area contributed by atoms with Gasteiger partial charge in [-0.3, -0.25) is 4.79 Å². The quantitative estimate of drug-likeness (QED) is 0.576. The van der Waals surface area contributed by atoms with Gasteiger partial charge in [-0.2, -0.15) is 0 Å². The topological polar surface area (TPSA) is 43.4 Å². The van der Waals surface area contributed by atoms with Crippen molar-refractivity contribution in [3.63, 3.8) is 0 Å². The van der Waals surface area contributed by atoms with Gasteiger partial charge in [0.25, 0.3) is 0 Å². The number of esters is 1. The molecule has 1 unspecified atom stereocenters. The molecule has 1 aromatic carbocycles. The highest BCUT2D eigenvalue weighted by Crippen LogP contribution is 2.17. The van der Waals surface area contributed by atoms with E-state index in [0.717, 1.165) is 12.0 Å². The summed E-state index contributed by atoms with van der Waals surface area (Å²) in [6.45, 7) is 3.78.